The number of benzene rings is 2. The number of ether oxygens (including phenoxy) is 1. The Hall–Kier alpha value is -1.07. The molecule has 2 nitrogen and oxygen atoms in total. The maximum atomic E-state index is 10.4. The minimum atomic E-state index is -0.984. The molecule has 18 heavy (non-hydrogen) atoms. The van der Waals surface area contributed by atoms with Gasteiger partial charge >= 0.3 is 0 Å². The molecule has 2 rings (SSSR count). The number of halogens is 1. The summed E-state index contributed by atoms with van der Waals surface area (Å²) in [6.45, 7) is 1.99. The Morgan fingerprint density at radius 1 is 1.11 bits per heavy atom. The first-order chi connectivity index (χ1) is 8.58. The van der Waals surface area contributed by atoms with Crippen LogP contribution in [-0.2, 0) is 5.60 Å². The van der Waals surface area contributed by atoms with E-state index in [1.807, 2.05) is 54.6 Å². The van der Waals surface area contributed by atoms with Crippen LogP contribution in [0, 0.1) is 3.57 Å². The normalized spacial score (nSPS) is 13.9. The Morgan fingerprint density at radius 3 is 2.50 bits per heavy atom. The van der Waals surface area contributed by atoms with Gasteiger partial charge in [0.2, 0.25) is 0 Å². The third kappa shape index (κ3) is 3.46. The summed E-state index contributed by atoms with van der Waals surface area (Å²) >= 11 is 2.24. The van der Waals surface area contributed by atoms with Gasteiger partial charge in [-0.05, 0) is 53.3 Å². The summed E-state index contributed by atoms with van der Waals surface area (Å²) in [5.74, 6) is 0.776. The number of hydrogen-bond donors (Lipinski definition) is 1. The molecule has 0 amide bonds. The fourth-order valence-corrected chi connectivity index (χ4v) is 2.18. The van der Waals surface area contributed by atoms with Crippen LogP contribution in [0.25, 0.3) is 0 Å². The van der Waals surface area contributed by atoms with Crippen molar-refractivity contribution in [2.24, 2.45) is 0 Å². The van der Waals surface area contributed by atoms with E-state index in [9.17, 15) is 5.11 Å². The standard InChI is InChI=1S/C15H15IO2/c1-15(17,12-6-3-2-4-7-12)11-18-14-9-5-8-13(16)10-14/h2-10,17H,11H2,1H3. The van der Waals surface area contributed by atoms with Gasteiger partial charge in [-0.1, -0.05) is 36.4 Å². The van der Waals surface area contributed by atoms with E-state index in [1.54, 1.807) is 6.92 Å². The lowest BCUT2D eigenvalue weighted by molar-refractivity contribution is 0.00758. The van der Waals surface area contributed by atoms with E-state index in [4.69, 9.17) is 4.74 Å². The van der Waals surface area contributed by atoms with E-state index in [0.717, 1.165) is 14.9 Å². The van der Waals surface area contributed by atoms with Crippen molar-refractivity contribution < 1.29 is 9.84 Å². The molecule has 1 N–H and O–H groups in total. The predicted octanol–water partition coefficient (Wildman–Crippen LogP) is 3.58. The highest BCUT2D eigenvalue weighted by Gasteiger charge is 2.23. The number of rotatable bonds is 4. The van der Waals surface area contributed by atoms with Gasteiger partial charge in [0, 0.05) is 3.57 Å². The molecule has 0 aliphatic heterocycles. The lowest BCUT2D eigenvalue weighted by Crippen LogP contribution is -2.29. The SMILES string of the molecule is CC(O)(COc1cccc(I)c1)c1ccccc1. The van der Waals surface area contributed by atoms with Gasteiger partial charge in [0.25, 0.3) is 0 Å². The summed E-state index contributed by atoms with van der Waals surface area (Å²) in [6, 6.07) is 17.3. The second-order valence-electron chi connectivity index (χ2n) is 4.39. The lowest BCUT2D eigenvalue weighted by Gasteiger charge is -2.24. The Labute approximate surface area is 121 Å². The zero-order valence-corrected chi connectivity index (χ0v) is 12.3. The van der Waals surface area contributed by atoms with E-state index < -0.39 is 5.60 Å². The highest BCUT2D eigenvalue weighted by molar-refractivity contribution is 14.1. The smallest absolute Gasteiger partial charge is 0.121 e. The van der Waals surface area contributed by atoms with Crippen LogP contribution >= 0.6 is 22.6 Å². The molecule has 1 atom stereocenters. The maximum absolute atomic E-state index is 10.4. The lowest BCUT2D eigenvalue weighted by atomic mass is 9.97. The predicted molar refractivity (Wildman–Crippen MR) is 80.7 cm³/mol. The Bertz CT molecular complexity index is 509. The summed E-state index contributed by atoms with van der Waals surface area (Å²) in [5, 5.41) is 10.4. The number of aliphatic hydroxyl groups is 1. The molecule has 0 heterocycles. The van der Waals surface area contributed by atoms with Crippen molar-refractivity contribution in [3.05, 3.63) is 63.7 Å². The molecule has 0 saturated heterocycles. The molecule has 2 aromatic rings. The summed E-state index contributed by atoms with van der Waals surface area (Å²) < 4.78 is 6.77. The second kappa shape index (κ2) is 5.71. The first kappa shape index (κ1) is 13.4. The van der Waals surface area contributed by atoms with Gasteiger partial charge in [0.15, 0.2) is 0 Å². The van der Waals surface area contributed by atoms with Crippen LogP contribution < -0.4 is 4.74 Å². The minimum Gasteiger partial charge on any atom is -0.490 e. The maximum Gasteiger partial charge on any atom is 0.121 e. The molecule has 2 aromatic carbocycles. The average Bonchev–Trinajstić information content (AvgIpc) is 2.38. The molecule has 94 valence electrons. The van der Waals surface area contributed by atoms with E-state index in [0.29, 0.717) is 0 Å². The monoisotopic (exact) mass is 354 g/mol. The van der Waals surface area contributed by atoms with Crippen molar-refractivity contribution in [1.82, 2.24) is 0 Å². The Morgan fingerprint density at radius 2 is 1.83 bits per heavy atom. The highest BCUT2D eigenvalue weighted by Crippen LogP contribution is 2.22. The van der Waals surface area contributed by atoms with Crippen LogP contribution in [0.3, 0.4) is 0 Å². The third-order valence-electron chi connectivity index (χ3n) is 2.71. The van der Waals surface area contributed by atoms with E-state index in [2.05, 4.69) is 22.6 Å². The van der Waals surface area contributed by atoms with Crippen molar-refractivity contribution >= 4 is 22.6 Å². The van der Waals surface area contributed by atoms with E-state index in [1.165, 1.54) is 0 Å². The van der Waals surface area contributed by atoms with Gasteiger partial charge in [-0.3, -0.25) is 0 Å². The van der Waals surface area contributed by atoms with Crippen molar-refractivity contribution in [1.29, 1.82) is 0 Å². The quantitative estimate of drug-likeness (QED) is 0.851. The zero-order chi connectivity index (χ0) is 13.0. The molecule has 3 heteroatoms. The highest BCUT2D eigenvalue weighted by atomic mass is 127. The molecule has 0 aromatic heterocycles. The summed E-state index contributed by atoms with van der Waals surface area (Å²) in [7, 11) is 0. The van der Waals surface area contributed by atoms with Gasteiger partial charge in [-0.15, -0.1) is 0 Å². The van der Waals surface area contributed by atoms with Gasteiger partial charge in [0.05, 0.1) is 0 Å². The largest absolute Gasteiger partial charge is 0.490 e. The van der Waals surface area contributed by atoms with Crippen LogP contribution in [0.1, 0.15) is 12.5 Å². The fourth-order valence-electron chi connectivity index (χ4n) is 1.66. The van der Waals surface area contributed by atoms with Crippen molar-refractivity contribution in [3.63, 3.8) is 0 Å². The molecular weight excluding hydrogens is 339 g/mol. The van der Waals surface area contributed by atoms with Crippen molar-refractivity contribution in [2.45, 2.75) is 12.5 Å². The molecule has 0 saturated carbocycles. The molecule has 0 spiro atoms. The van der Waals surface area contributed by atoms with E-state index in [-0.39, 0.29) is 6.61 Å². The molecule has 0 fully saturated rings. The molecular formula is C15H15IO2. The van der Waals surface area contributed by atoms with Gasteiger partial charge in [-0.2, -0.15) is 0 Å². The molecule has 0 aliphatic rings. The van der Waals surface area contributed by atoms with Gasteiger partial charge in [0.1, 0.15) is 18.0 Å². The Kier molecular flexibility index (Phi) is 4.24. The first-order valence-corrected chi connectivity index (χ1v) is 6.82. The van der Waals surface area contributed by atoms with Crippen LogP contribution in [0.4, 0.5) is 0 Å². The fraction of sp³-hybridized carbons (Fsp3) is 0.200. The van der Waals surface area contributed by atoms with Gasteiger partial charge < -0.3 is 9.84 Å². The zero-order valence-electron chi connectivity index (χ0n) is 10.1. The van der Waals surface area contributed by atoms with Crippen LogP contribution in [-0.4, -0.2) is 11.7 Å². The first-order valence-electron chi connectivity index (χ1n) is 5.74. The molecule has 0 radical (unpaired) electrons. The Balaban J connectivity index is 2.05. The van der Waals surface area contributed by atoms with Crippen LogP contribution in [0.2, 0.25) is 0 Å². The second-order valence-corrected chi connectivity index (χ2v) is 5.63. The van der Waals surface area contributed by atoms with Crippen LogP contribution in [0.5, 0.6) is 5.75 Å². The van der Waals surface area contributed by atoms with E-state index >= 15 is 0 Å². The summed E-state index contributed by atoms with van der Waals surface area (Å²) in [5.41, 5.74) is -0.127. The van der Waals surface area contributed by atoms with Gasteiger partial charge in [-0.25, -0.2) is 0 Å². The van der Waals surface area contributed by atoms with Crippen molar-refractivity contribution in [2.75, 3.05) is 6.61 Å². The minimum absolute atomic E-state index is 0.233. The summed E-state index contributed by atoms with van der Waals surface area (Å²) in [6.07, 6.45) is 0. The summed E-state index contributed by atoms with van der Waals surface area (Å²) in [4.78, 5) is 0. The number of hydrogen-bond acceptors (Lipinski definition) is 2. The van der Waals surface area contributed by atoms with Crippen molar-refractivity contribution in [3.8, 4) is 5.75 Å². The molecule has 0 aliphatic carbocycles. The average molecular weight is 354 g/mol. The molecule has 0 bridgehead atoms. The topological polar surface area (TPSA) is 29.5 Å². The van der Waals surface area contributed by atoms with Crippen LogP contribution in [0.15, 0.2) is 54.6 Å². The third-order valence-corrected chi connectivity index (χ3v) is 3.38. The molecule has 1 unspecified atom stereocenters.